The second-order valence-corrected chi connectivity index (χ2v) is 10.3. The van der Waals surface area contributed by atoms with Crippen molar-refractivity contribution >= 4 is 56.6 Å². The second kappa shape index (κ2) is 7.68. The van der Waals surface area contributed by atoms with Gasteiger partial charge in [-0.1, -0.05) is 70.0 Å². The zero-order chi connectivity index (χ0) is 24.6. The summed E-state index contributed by atoms with van der Waals surface area (Å²) in [7, 11) is 0. The van der Waals surface area contributed by atoms with Crippen molar-refractivity contribution in [2.24, 2.45) is 11.8 Å². The average molecular weight is 551 g/mol. The number of fused-ring (bicyclic) bond motifs is 3. The molecule has 2 fully saturated rings. The third-order valence-corrected chi connectivity index (χ3v) is 8.07. The molecule has 3 atom stereocenters. The fourth-order valence-electron chi connectivity index (χ4n) is 5.45. The Morgan fingerprint density at radius 2 is 1.51 bits per heavy atom. The fraction of sp³-hybridized carbons (Fsp3) is 0.185. The molecular weight excluding hydrogens is 534 g/mol. The molecule has 35 heavy (non-hydrogen) atoms. The molecular formula is C27H17BrClNO5. The molecule has 0 bridgehead atoms. The van der Waals surface area contributed by atoms with Gasteiger partial charge in [0.05, 0.1) is 23.6 Å². The summed E-state index contributed by atoms with van der Waals surface area (Å²) in [4.78, 5) is 56.2. The molecule has 0 N–H and O–H groups in total. The molecule has 2 saturated heterocycles. The van der Waals surface area contributed by atoms with E-state index in [2.05, 4.69) is 15.9 Å². The molecule has 1 aliphatic carbocycles. The number of nitrogens with zero attached hydrogens (tertiary/aromatic N) is 1. The van der Waals surface area contributed by atoms with Crippen LogP contribution >= 0.6 is 27.5 Å². The minimum absolute atomic E-state index is 0.199. The van der Waals surface area contributed by atoms with E-state index in [9.17, 15) is 19.2 Å². The van der Waals surface area contributed by atoms with Gasteiger partial charge in [-0.3, -0.25) is 19.2 Å². The molecule has 6 nitrogen and oxygen atoms in total. The Hall–Kier alpha value is -3.13. The number of hydrogen-bond donors (Lipinski definition) is 0. The molecule has 1 spiro atoms. The second-order valence-electron chi connectivity index (χ2n) is 8.98. The van der Waals surface area contributed by atoms with Crippen LogP contribution in [0, 0.1) is 18.8 Å². The van der Waals surface area contributed by atoms with Crippen LogP contribution in [0.15, 0.2) is 71.2 Å². The number of ketones is 2. The summed E-state index contributed by atoms with van der Waals surface area (Å²) in [5.41, 5.74) is -0.0117. The molecule has 3 aromatic carbocycles. The highest BCUT2D eigenvalue weighted by molar-refractivity contribution is 9.10. The molecule has 6 rings (SSSR count). The van der Waals surface area contributed by atoms with Crippen LogP contribution in [0.2, 0.25) is 5.02 Å². The zero-order valence-corrected chi connectivity index (χ0v) is 20.7. The van der Waals surface area contributed by atoms with Crippen LogP contribution in [0.1, 0.15) is 37.9 Å². The van der Waals surface area contributed by atoms with Crippen molar-refractivity contribution in [2.75, 3.05) is 4.90 Å². The number of carbonyl (C=O) groups excluding carboxylic acids is 4. The number of carbonyl (C=O) groups is 4. The summed E-state index contributed by atoms with van der Waals surface area (Å²) in [6.07, 6.45) is -0.960. The van der Waals surface area contributed by atoms with Crippen LogP contribution < -0.4 is 4.90 Å². The van der Waals surface area contributed by atoms with E-state index >= 15 is 0 Å². The Balaban J connectivity index is 1.54. The third kappa shape index (κ3) is 2.92. The summed E-state index contributed by atoms with van der Waals surface area (Å²) in [6, 6.07) is 18.4. The lowest BCUT2D eigenvalue weighted by Gasteiger charge is -2.27. The maximum absolute atomic E-state index is 13.9. The largest absolute Gasteiger partial charge is 0.349 e. The normalized spacial score (nSPS) is 24.4. The van der Waals surface area contributed by atoms with E-state index in [-0.39, 0.29) is 11.1 Å². The number of aryl methyl sites for hydroxylation is 1. The van der Waals surface area contributed by atoms with Crippen molar-refractivity contribution in [2.45, 2.75) is 18.6 Å². The lowest BCUT2D eigenvalue weighted by molar-refractivity contribution is -0.127. The summed E-state index contributed by atoms with van der Waals surface area (Å²) in [5, 5.41) is 0.399. The maximum Gasteiger partial charge on any atom is 0.241 e. The lowest BCUT2D eigenvalue weighted by atomic mass is 9.77. The highest BCUT2D eigenvalue weighted by atomic mass is 79.9. The fourth-order valence-corrected chi connectivity index (χ4v) is 5.89. The molecule has 0 aromatic heterocycles. The van der Waals surface area contributed by atoms with Gasteiger partial charge in [0, 0.05) is 20.6 Å². The first kappa shape index (κ1) is 22.3. The highest BCUT2D eigenvalue weighted by Crippen LogP contribution is 2.57. The molecule has 2 amide bonds. The van der Waals surface area contributed by atoms with Gasteiger partial charge in [-0.2, -0.15) is 0 Å². The number of hydrogen-bond acceptors (Lipinski definition) is 5. The van der Waals surface area contributed by atoms with Crippen molar-refractivity contribution in [1.29, 1.82) is 0 Å². The first-order valence-corrected chi connectivity index (χ1v) is 12.2. The van der Waals surface area contributed by atoms with E-state index in [1.807, 2.05) is 6.92 Å². The monoisotopic (exact) mass is 549 g/mol. The Morgan fingerprint density at radius 1 is 0.886 bits per heavy atom. The molecule has 3 aromatic rings. The predicted octanol–water partition coefficient (Wildman–Crippen LogP) is 5.11. The quantitative estimate of drug-likeness (QED) is 0.327. The minimum atomic E-state index is -2.10. The van der Waals surface area contributed by atoms with Gasteiger partial charge in [0.15, 0.2) is 0 Å². The van der Waals surface area contributed by atoms with Crippen molar-refractivity contribution in [1.82, 2.24) is 0 Å². The van der Waals surface area contributed by atoms with Gasteiger partial charge in [0.1, 0.15) is 0 Å². The van der Waals surface area contributed by atoms with Crippen LogP contribution in [0.4, 0.5) is 5.69 Å². The maximum atomic E-state index is 13.9. The van der Waals surface area contributed by atoms with Crippen LogP contribution in [0.25, 0.3) is 0 Å². The number of Topliss-reactive ketones (excluding diaryl/α,β-unsaturated/α-hetero) is 2. The summed E-state index contributed by atoms with van der Waals surface area (Å²) >= 11 is 9.68. The zero-order valence-electron chi connectivity index (χ0n) is 18.3. The minimum Gasteiger partial charge on any atom is -0.349 e. The molecule has 2 aliphatic heterocycles. The number of halogens is 2. The van der Waals surface area contributed by atoms with Gasteiger partial charge in [-0.25, -0.2) is 4.90 Å². The molecule has 3 aliphatic rings. The molecule has 174 valence electrons. The van der Waals surface area contributed by atoms with Crippen LogP contribution in [-0.4, -0.2) is 29.0 Å². The van der Waals surface area contributed by atoms with Crippen molar-refractivity contribution in [3.8, 4) is 0 Å². The number of imide groups is 1. The van der Waals surface area contributed by atoms with E-state index in [4.69, 9.17) is 16.3 Å². The van der Waals surface area contributed by atoms with Crippen LogP contribution in [0.3, 0.4) is 0 Å². The van der Waals surface area contributed by atoms with E-state index < -0.39 is 46.9 Å². The highest BCUT2D eigenvalue weighted by Gasteiger charge is 2.74. The van der Waals surface area contributed by atoms with Gasteiger partial charge >= 0.3 is 0 Å². The Morgan fingerprint density at radius 3 is 2.11 bits per heavy atom. The number of rotatable bonds is 2. The van der Waals surface area contributed by atoms with Gasteiger partial charge in [0.2, 0.25) is 29.0 Å². The van der Waals surface area contributed by atoms with Crippen LogP contribution in [-0.2, 0) is 14.3 Å². The summed E-state index contributed by atoms with van der Waals surface area (Å²) in [5.74, 6) is -4.69. The summed E-state index contributed by atoms with van der Waals surface area (Å²) < 4.78 is 7.08. The number of amides is 2. The predicted molar refractivity (Wildman–Crippen MR) is 131 cm³/mol. The summed E-state index contributed by atoms with van der Waals surface area (Å²) in [6.45, 7) is 1.81. The van der Waals surface area contributed by atoms with Gasteiger partial charge < -0.3 is 4.74 Å². The first-order valence-electron chi connectivity index (χ1n) is 11.0. The Bertz CT molecular complexity index is 1430. The molecule has 2 heterocycles. The first-order chi connectivity index (χ1) is 16.8. The van der Waals surface area contributed by atoms with Crippen LogP contribution in [0.5, 0.6) is 0 Å². The third-order valence-electron chi connectivity index (χ3n) is 7.13. The topological polar surface area (TPSA) is 80.8 Å². The smallest absolute Gasteiger partial charge is 0.241 e. The van der Waals surface area contributed by atoms with Gasteiger partial charge in [-0.05, 0) is 42.3 Å². The standard InChI is InChI=1S/C27H17BrClNO5/c1-13-6-11-16(12-19(13)29)30-25(33)20-21(26(30)34)27(35-22(20)14-7-9-15(28)10-8-14)23(31)17-4-2-3-5-18(17)24(27)32/h2-12,20-22H,1H3/t20-,21+,22+/m1/s1. The Kier molecular flexibility index (Phi) is 4.90. The van der Waals surface area contributed by atoms with Crippen molar-refractivity contribution in [3.05, 3.63) is 98.5 Å². The SMILES string of the molecule is Cc1ccc(N2C(=O)[C@@H]3[C@@H](C2=O)C2(O[C@H]3c3ccc(Br)cc3)C(=O)c3ccccc3C2=O)cc1Cl. The van der Waals surface area contributed by atoms with Crippen molar-refractivity contribution < 1.29 is 23.9 Å². The van der Waals surface area contributed by atoms with E-state index in [0.717, 1.165) is 14.9 Å². The Labute approximate surface area is 214 Å². The van der Waals surface area contributed by atoms with E-state index in [0.29, 0.717) is 16.3 Å². The number of anilines is 1. The molecule has 0 radical (unpaired) electrons. The molecule has 0 unspecified atom stereocenters. The molecule has 0 saturated carbocycles. The lowest BCUT2D eigenvalue weighted by Crippen LogP contribution is -2.51. The average Bonchev–Trinajstić information content (AvgIpc) is 3.41. The van der Waals surface area contributed by atoms with E-state index in [1.54, 1.807) is 66.7 Å². The number of ether oxygens (including phenoxy) is 1. The van der Waals surface area contributed by atoms with Gasteiger partial charge in [0.25, 0.3) is 0 Å². The van der Waals surface area contributed by atoms with Gasteiger partial charge in [-0.15, -0.1) is 0 Å². The number of benzene rings is 3. The molecule has 8 heteroatoms. The van der Waals surface area contributed by atoms with Crippen molar-refractivity contribution in [3.63, 3.8) is 0 Å². The van der Waals surface area contributed by atoms with E-state index in [1.165, 1.54) is 0 Å².